The predicted molar refractivity (Wildman–Crippen MR) is 56.0 cm³/mol. The highest BCUT2D eigenvalue weighted by atomic mass is 19.1. The lowest BCUT2D eigenvalue weighted by Crippen LogP contribution is -1.95. The van der Waals surface area contributed by atoms with E-state index in [0.717, 1.165) is 12.0 Å². The van der Waals surface area contributed by atoms with E-state index in [1.807, 2.05) is 0 Å². The summed E-state index contributed by atoms with van der Waals surface area (Å²) in [5.41, 5.74) is 6.39. The number of hydrogen-bond donors (Lipinski definition) is 1. The Morgan fingerprint density at radius 3 is 2.38 bits per heavy atom. The zero-order valence-electron chi connectivity index (χ0n) is 8.69. The molecule has 0 unspecified atom stereocenters. The summed E-state index contributed by atoms with van der Waals surface area (Å²) in [5, 5.41) is 7.61. The van der Waals surface area contributed by atoms with Crippen molar-refractivity contribution in [2.75, 3.05) is 0 Å². The van der Waals surface area contributed by atoms with Crippen molar-refractivity contribution in [3.05, 3.63) is 47.4 Å². The molecule has 1 aromatic heterocycles. The molecule has 2 aromatic rings. The van der Waals surface area contributed by atoms with Crippen molar-refractivity contribution in [2.45, 2.75) is 19.4 Å². The number of halogens is 1. The molecule has 0 aliphatic heterocycles. The molecule has 2 N–H and O–H groups in total. The van der Waals surface area contributed by atoms with Crippen molar-refractivity contribution in [3.63, 3.8) is 0 Å². The summed E-state index contributed by atoms with van der Waals surface area (Å²) in [5.74, 6) is 0.769. The Bertz CT molecular complexity index is 453. The van der Waals surface area contributed by atoms with E-state index in [1.165, 1.54) is 12.1 Å². The van der Waals surface area contributed by atoms with E-state index in [2.05, 4.69) is 10.2 Å². The Morgan fingerprint density at radius 2 is 1.75 bits per heavy atom. The molecule has 1 aromatic carbocycles. The van der Waals surface area contributed by atoms with Crippen molar-refractivity contribution in [2.24, 2.45) is 5.73 Å². The van der Waals surface area contributed by atoms with Crippen LogP contribution in [0.4, 0.5) is 4.39 Å². The highest BCUT2D eigenvalue weighted by Gasteiger charge is 2.04. The first kappa shape index (κ1) is 10.8. The van der Waals surface area contributed by atoms with Crippen LogP contribution in [0.25, 0.3) is 0 Å². The average molecular weight is 221 g/mol. The normalized spacial score (nSPS) is 10.6. The second-order valence-corrected chi connectivity index (χ2v) is 3.42. The Kier molecular flexibility index (Phi) is 3.26. The molecule has 1 heterocycles. The smallest absolute Gasteiger partial charge is 0.230 e. The molecule has 0 atom stereocenters. The fourth-order valence-electron chi connectivity index (χ4n) is 1.37. The van der Waals surface area contributed by atoms with Gasteiger partial charge in [-0.15, -0.1) is 10.2 Å². The first-order chi connectivity index (χ1) is 7.78. The van der Waals surface area contributed by atoms with Gasteiger partial charge in [-0.3, -0.25) is 0 Å². The lowest BCUT2D eigenvalue weighted by molar-refractivity contribution is 0.450. The third kappa shape index (κ3) is 2.64. The van der Waals surface area contributed by atoms with E-state index in [-0.39, 0.29) is 12.4 Å². The molecule has 2 rings (SSSR count). The van der Waals surface area contributed by atoms with Gasteiger partial charge in [-0.2, -0.15) is 0 Å². The number of nitrogens with zero attached hydrogens (tertiary/aromatic N) is 2. The number of hydrogen-bond acceptors (Lipinski definition) is 4. The highest BCUT2D eigenvalue weighted by molar-refractivity contribution is 5.16. The van der Waals surface area contributed by atoms with Gasteiger partial charge in [0.25, 0.3) is 0 Å². The fourth-order valence-corrected chi connectivity index (χ4v) is 1.37. The Balaban J connectivity index is 1.94. The lowest BCUT2D eigenvalue weighted by atomic mass is 10.1. The van der Waals surface area contributed by atoms with E-state index in [1.54, 1.807) is 12.1 Å². The molecule has 0 aliphatic rings. The van der Waals surface area contributed by atoms with E-state index in [9.17, 15) is 4.39 Å². The highest BCUT2D eigenvalue weighted by Crippen LogP contribution is 2.07. The average Bonchev–Trinajstić information content (AvgIpc) is 2.76. The van der Waals surface area contributed by atoms with E-state index < -0.39 is 0 Å². The second kappa shape index (κ2) is 4.85. The zero-order valence-corrected chi connectivity index (χ0v) is 8.69. The van der Waals surface area contributed by atoms with Gasteiger partial charge in [0.05, 0.1) is 6.54 Å². The van der Waals surface area contributed by atoms with Crippen LogP contribution in [0.15, 0.2) is 28.7 Å². The van der Waals surface area contributed by atoms with Crippen LogP contribution in [0.1, 0.15) is 17.3 Å². The van der Waals surface area contributed by atoms with Crippen LogP contribution in [0, 0.1) is 5.82 Å². The molecule has 84 valence electrons. The van der Waals surface area contributed by atoms with Crippen molar-refractivity contribution >= 4 is 0 Å². The SMILES string of the molecule is NCc1nnc(CCc2ccc(F)cc2)o1. The van der Waals surface area contributed by atoms with Gasteiger partial charge in [-0.05, 0) is 24.1 Å². The first-order valence-electron chi connectivity index (χ1n) is 5.03. The standard InChI is InChI=1S/C11H12FN3O/c12-9-4-1-8(2-5-9)3-6-10-14-15-11(7-13)16-10/h1-2,4-5H,3,6-7,13H2. The minimum Gasteiger partial charge on any atom is -0.424 e. The predicted octanol–water partition coefficient (Wildman–Crippen LogP) is 1.45. The van der Waals surface area contributed by atoms with Crippen LogP contribution in [0.5, 0.6) is 0 Å². The molecule has 0 radical (unpaired) electrons. The van der Waals surface area contributed by atoms with Crippen molar-refractivity contribution in [1.29, 1.82) is 0 Å². The molecular weight excluding hydrogens is 209 g/mol. The van der Waals surface area contributed by atoms with Gasteiger partial charge in [0.15, 0.2) is 0 Å². The van der Waals surface area contributed by atoms with Gasteiger partial charge in [0, 0.05) is 6.42 Å². The third-order valence-electron chi connectivity index (χ3n) is 2.22. The Hall–Kier alpha value is -1.75. The molecule has 16 heavy (non-hydrogen) atoms. The Labute approximate surface area is 92.3 Å². The van der Waals surface area contributed by atoms with E-state index in [4.69, 9.17) is 10.2 Å². The summed E-state index contributed by atoms with van der Waals surface area (Å²) in [4.78, 5) is 0. The lowest BCUT2D eigenvalue weighted by Gasteiger charge is -1.97. The third-order valence-corrected chi connectivity index (χ3v) is 2.22. The molecular formula is C11H12FN3O. The van der Waals surface area contributed by atoms with Gasteiger partial charge in [0.1, 0.15) is 5.82 Å². The van der Waals surface area contributed by atoms with Crippen LogP contribution in [-0.2, 0) is 19.4 Å². The van der Waals surface area contributed by atoms with Crippen molar-refractivity contribution in [3.8, 4) is 0 Å². The number of aromatic nitrogens is 2. The van der Waals surface area contributed by atoms with E-state index in [0.29, 0.717) is 18.2 Å². The minimum atomic E-state index is -0.230. The molecule has 0 saturated carbocycles. The van der Waals surface area contributed by atoms with Gasteiger partial charge in [0.2, 0.25) is 11.8 Å². The quantitative estimate of drug-likeness (QED) is 0.848. The van der Waals surface area contributed by atoms with Gasteiger partial charge < -0.3 is 10.2 Å². The van der Waals surface area contributed by atoms with Crippen LogP contribution in [-0.4, -0.2) is 10.2 Å². The Morgan fingerprint density at radius 1 is 1.06 bits per heavy atom. The summed E-state index contributed by atoms with van der Waals surface area (Å²) in [6.45, 7) is 0.254. The maximum atomic E-state index is 12.6. The second-order valence-electron chi connectivity index (χ2n) is 3.42. The topological polar surface area (TPSA) is 64.9 Å². The molecule has 0 saturated heterocycles. The zero-order chi connectivity index (χ0) is 11.4. The summed E-state index contributed by atoms with van der Waals surface area (Å²) >= 11 is 0. The number of rotatable bonds is 4. The molecule has 0 bridgehead atoms. The summed E-state index contributed by atoms with van der Waals surface area (Å²) in [6, 6.07) is 6.37. The van der Waals surface area contributed by atoms with Crippen molar-refractivity contribution < 1.29 is 8.81 Å². The van der Waals surface area contributed by atoms with E-state index >= 15 is 0 Å². The van der Waals surface area contributed by atoms with Crippen LogP contribution in [0.2, 0.25) is 0 Å². The molecule has 0 amide bonds. The minimum absolute atomic E-state index is 0.230. The number of nitrogens with two attached hydrogens (primary N) is 1. The fraction of sp³-hybridized carbons (Fsp3) is 0.273. The molecule has 5 heteroatoms. The molecule has 0 spiro atoms. The number of aryl methyl sites for hydroxylation is 2. The summed E-state index contributed by atoms with van der Waals surface area (Å²) in [7, 11) is 0. The summed E-state index contributed by atoms with van der Waals surface area (Å²) in [6.07, 6.45) is 1.38. The van der Waals surface area contributed by atoms with Crippen molar-refractivity contribution in [1.82, 2.24) is 10.2 Å². The largest absolute Gasteiger partial charge is 0.424 e. The van der Waals surface area contributed by atoms with Gasteiger partial charge >= 0.3 is 0 Å². The maximum absolute atomic E-state index is 12.6. The molecule has 4 nitrogen and oxygen atoms in total. The number of benzene rings is 1. The van der Waals surface area contributed by atoms with Gasteiger partial charge in [-0.25, -0.2) is 4.39 Å². The monoisotopic (exact) mass is 221 g/mol. The first-order valence-corrected chi connectivity index (χ1v) is 5.03. The van der Waals surface area contributed by atoms with Crippen LogP contribution >= 0.6 is 0 Å². The molecule has 0 aliphatic carbocycles. The van der Waals surface area contributed by atoms with Crippen LogP contribution in [0.3, 0.4) is 0 Å². The molecule has 0 fully saturated rings. The van der Waals surface area contributed by atoms with Crippen LogP contribution < -0.4 is 5.73 Å². The maximum Gasteiger partial charge on any atom is 0.230 e. The van der Waals surface area contributed by atoms with Gasteiger partial charge in [-0.1, -0.05) is 12.1 Å². The summed E-state index contributed by atoms with van der Waals surface area (Å²) < 4.78 is 17.9.